The van der Waals surface area contributed by atoms with Crippen molar-refractivity contribution in [1.82, 2.24) is 19.6 Å². The number of likely N-dealkylation sites (tertiary alicyclic amines) is 1. The molecule has 0 radical (unpaired) electrons. The second kappa shape index (κ2) is 6.15. The first-order chi connectivity index (χ1) is 11.6. The van der Waals surface area contributed by atoms with Gasteiger partial charge in [-0.2, -0.15) is 5.10 Å². The second-order valence-corrected chi connectivity index (χ2v) is 7.82. The van der Waals surface area contributed by atoms with E-state index in [4.69, 9.17) is 4.74 Å². The van der Waals surface area contributed by atoms with Gasteiger partial charge in [-0.05, 0) is 38.5 Å². The zero-order chi connectivity index (χ0) is 16.7. The van der Waals surface area contributed by atoms with Crippen molar-refractivity contribution in [3.63, 3.8) is 0 Å². The standard InChI is InChI=1S/C18H28N4O2/c1-14-18(24-13-17(23)22(14)12-15-3-4-15)5-7-21(8-6-18)11-16-9-19-20(2)10-16/h9-10,14-15H,3-8,11-13H2,1-2H3/t14-/m0/s1. The maximum absolute atomic E-state index is 12.3. The molecular weight excluding hydrogens is 304 g/mol. The number of morpholine rings is 1. The lowest BCUT2D eigenvalue weighted by molar-refractivity contribution is -0.187. The van der Waals surface area contributed by atoms with Crippen LogP contribution < -0.4 is 0 Å². The van der Waals surface area contributed by atoms with Crippen LogP contribution >= 0.6 is 0 Å². The predicted octanol–water partition coefficient (Wildman–Crippen LogP) is 1.41. The molecule has 2 saturated heterocycles. The van der Waals surface area contributed by atoms with E-state index in [0.717, 1.165) is 44.9 Å². The van der Waals surface area contributed by atoms with Gasteiger partial charge in [0, 0.05) is 45.0 Å². The van der Waals surface area contributed by atoms with E-state index in [0.29, 0.717) is 0 Å². The Morgan fingerprint density at radius 1 is 1.33 bits per heavy atom. The molecule has 132 valence electrons. The molecule has 6 nitrogen and oxygen atoms in total. The Balaban J connectivity index is 1.38. The number of rotatable bonds is 4. The molecule has 4 rings (SSSR count). The highest BCUT2D eigenvalue weighted by molar-refractivity contribution is 5.78. The van der Waals surface area contributed by atoms with Gasteiger partial charge >= 0.3 is 0 Å². The Morgan fingerprint density at radius 2 is 2.08 bits per heavy atom. The maximum Gasteiger partial charge on any atom is 0.248 e. The van der Waals surface area contributed by atoms with Gasteiger partial charge in [0.1, 0.15) is 6.61 Å². The largest absolute Gasteiger partial charge is 0.363 e. The van der Waals surface area contributed by atoms with Crippen molar-refractivity contribution < 1.29 is 9.53 Å². The van der Waals surface area contributed by atoms with Crippen LogP contribution in [0.1, 0.15) is 38.2 Å². The summed E-state index contributed by atoms with van der Waals surface area (Å²) in [7, 11) is 1.96. The molecule has 24 heavy (non-hydrogen) atoms. The van der Waals surface area contributed by atoms with Gasteiger partial charge in [0.05, 0.1) is 17.8 Å². The Labute approximate surface area is 143 Å². The van der Waals surface area contributed by atoms with Crippen molar-refractivity contribution in [3.05, 3.63) is 18.0 Å². The van der Waals surface area contributed by atoms with Gasteiger partial charge in [0.2, 0.25) is 5.91 Å². The molecule has 1 amide bonds. The highest BCUT2D eigenvalue weighted by atomic mass is 16.5. The van der Waals surface area contributed by atoms with Crippen LogP contribution in [-0.4, -0.2) is 63.4 Å². The Bertz CT molecular complexity index is 602. The topological polar surface area (TPSA) is 50.6 Å². The monoisotopic (exact) mass is 332 g/mol. The Morgan fingerprint density at radius 3 is 2.71 bits per heavy atom. The van der Waals surface area contributed by atoms with Crippen LogP contribution in [0.4, 0.5) is 0 Å². The molecule has 0 N–H and O–H groups in total. The summed E-state index contributed by atoms with van der Waals surface area (Å²) in [6.45, 7) is 6.37. The van der Waals surface area contributed by atoms with E-state index in [2.05, 4.69) is 28.0 Å². The van der Waals surface area contributed by atoms with Gasteiger partial charge in [0.15, 0.2) is 0 Å². The number of aryl methyl sites for hydroxylation is 1. The summed E-state index contributed by atoms with van der Waals surface area (Å²) in [4.78, 5) is 16.9. The van der Waals surface area contributed by atoms with Gasteiger partial charge in [-0.1, -0.05) is 0 Å². The molecule has 3 aliphatic rings. The van der Waals surface area contributed by atoms with Gasteiger partial charge in [-0.3, -0.25) is 14.4 Å². The first-order valence-corrected chi connectivity index (χ1v) is 9.19. The minimum atomic E-state index is -0.145. The lowest BCUT2D eigenvalue weighted by Crippen LogP contribution is -2.64. The molecule has 1 spiro atoms. The van der Waals surface area contributed by atoms with Crippen LogP contribution in [0.3, 0.4) is 0 Å². The van der Waals surface area contributed by atoms with Gasteiger partial charge in [-0.15, -0.1) is 0 Å². The van der Waals surface area contributed by atoms with Crippen molar-refractivity contribution in [2.75, 3.05) is 26.2 Å². The summed E-state index contributed by atoms with van der Waals surface area (Å²) in [5.74, 6) is 0.912. The summed E-state index contributed by atoms with van der Waals surface area (Å²) in [6.07, 6.45) is 8.60. The molecule has 2 aliphatic heterocycles. The van der Waals surface area contributed by atoms with E-state index in [1.165, 1.54) is 18.4 Å². The minimum Gasteiger partial charge on any atom is -0.363 e. The maximum atomic E-state index is 12.3. The first kappa shape index (κ1) is 16.1. The minimum absolute atomic E-state index is 0.145. The van der Waals surface area contributed by atoms with Crippen molar-refractivity contribution in [1.29, 1.82) is 0 Å². The normalized spacial score (nSPS) is 27.8. The molecule has 6 heteroatoms. The zero-order valence-corrected chi connectivity index (χ0v) is 14.8. The number of carbonyl (C=O) groups is 1. The van der Waals surface area contributed by atoms with E-state index < -0.39 is 0 Å². The number of amides is 1. The highest BCUT2D eigenvalue weighted by Gasteiger charge is 2.48. The van der Waals surface area contributed by atoms with Crippen LogP contribution in [0.15, 0.2) is 12.4 Å². The van der Waals surface area contributed by atoms with Gasteiger partial charge in [0.25, 0.3) is 0 Å². The fraction of sp³-hybridized carbons (Fsp3) is 0.778. The van der Waals surface area contributed by atoms with Gasteiger partial charge in [-0.25, -0.2) is 0 Å². The first-order valence-electron chi connectivity index (χ1n) is 9.19. The average Bonchev–Trinajstić information content (AvgIpc) is 3.31. The van der Waals surface area contributed by atoms with Crippen molar-refractivity contribution in [2.45, 2.75) is 50.8 Å². The van der Waals surface area contributed by atoms with E-state index in [1.807, 2.05) is 17.9 Å². The summed E-state index contributed by atoms with van der Waals surface area (Å²) in [5.41, 5.74) is 1.12. The molecule has 0 bridgehead atoms. The van der Waals surface area contributed by atoms with Gasteiger partial charge < -0.3 is 9.64 Å². The highest BCUT2D eigenvalue weighted by Crippen LogP contribution is 2.38. The molecule has 1 aliphatic carbocycles. The molecular formula is C18H28N4O2. The molecule has 1 saturated carbocycles. The lowest BCUT2D eigenvalue weighted by atomic mass is 9.82. The van der Waals surface area contributed by atoms with Crippen LogP contribution in [0.2, 0.25) is 0 Å². The third-order valence-corrected chi connectivity index (χ3v) is 6.05. The summed E-state index contributed by atoms with van der Waals surface area (Å²) >= 11 is 0. The molecule has 1 atom stereocenters. The van der Waals surface area contributed by atoms with Crippen LogP contribution in [-0.2, 0) is 23.1 Å². The summed E-state index contributed by atoms with van der Waals surface area (Å²) in [5, 5.41) is 4.25. The van der Waals surface area contributed by atoms with Crippen molar-refractivity contribution >= 4 is 5.91 Å². The smallest absolute Gasteiger partial charge is 0.248 e. The molecule has 3 fully saturated rings. The quantitative estimate of drug-likeness (QED) is 0.837. The number of piperidine rings is 1. The fourth-order valence-electron chi connectivity index (χ4n) is 4.21. The third kappa shape index (κ3) is 3.09. The van der Waals surface area contributed by atoms with Crippen LogP contribution in [0.25, 0.3) is 0 Å². The molecule has 3 heterocycles. The predicted molar refractivity (Wildman–Crippen MR) is 90.3 cm³/mol. The van der Waals surface area contributed by atoms with Crippen molar-refractivity contribution in [3.8, 4) is 0 Å². The van der Waals surface area contributed by atoms with E-state index in [9.17, 15) is 4.79 Å². The molecule has 0 unspecified atom stereocenters. The average molecular weight is 332 g/mol. The molecule has 0 aromatic carbocycles. The van der Waals surface area contributed by atoms with E-state index in [1.54, 1.807) is 0 Å². The number of aromatic nitrogens is 2. The number of hydrogen-bond donors (Lipinski definition) is 0. The summed E-state index contributed by atoms with van der Waals surface area (Å²) in [6, 6.07) is 0.194. The Hall–Kier alpha value is -1.40. The fourth-order valence-corrected chi connectivity index (χ4v) is 4.21. The summed E-state index contributed by atoms with van der Waals surface area (Å²) < 4.78 is 7.99. The number of carbonyl (C=O) groups excluding carboxylic acids is 1. The second-order valence-electron chi connectivity index (χ2n) is 7.82. The van der Waals surface area contributed by atoms with Crippen LogP contribution in [0, 0.1) is 5.92 Å². The van der Waals surface area contributed by atoms with E-state index >= 15 is 0 Å². The lowest BCUT2D eigenvalue weighted by Gasteiger charge is -2.51. The Kier molecular flexibility index (Phi) is 4.12. The number of nitrogens with zero attached hydrogens (tertiary/aromatic N) is 4. The zero-order valence-electron chi connectivity index (χ0n) is 14.8. The van der Waals surface area contributed by atoms with Crippen LogP contribution in [0.5, 0.6) is 0 Å². The molecule has 1 aromatic heterocycles. The molecule has 1 aromatic rings. The number of hydrogen-bond acceptors (Lipinski definition) is 4. The van der Waals surface area contributed by atoms with Crippen molar-refractivity contribution in [2.24, 2.45) is 13.0 Å². The third-order valence-electron chi connectivity index (χ3n) is 6.05. The SMILES string of the molecule is C[C@@H]1N(CC2CC2)C(=O)COC12CCN(Cc1cnn(C)c1)CC2. The number of ether oxygens (including phenoxy) is 1. The van der Waals surface area contributed by atoms with E-state index in [-0.39, 0.29) is 24.2 Å².